The standard InChI is InChI=1S/C16H24FN3O3S/c1-12(18)13-7-10-20(11-8-13)16(21)6-9-19-24(22,23)15-4-2-14(17)3-5-15/h2-5,12-13,19H,6-11,18H2,1H3. The Morgan fingerprint density at radius 2 is 1.92 bits per heavy atom. The smallest absolute Gasteiger partial charge is 0.240 e. The van der Waals surface area contributed by atoms with Crippen LogP contribution in [0.3, 0.4) is 0 Å². The molecule has 1 fully saturated rings. The van der Waals surface area contributed by atoms with Crippen LogP contribution in [0.5, 0.6) is 0 Å². The normalized spacial score (nSPS) is 17.7. The zero-order valence-electron chi connectivity index (χ0n) is 13.7. The number of hydrogen-bond donors (Lipinski definition) is 2. The van der Waals surface area contributed by atoms with E-state index < -0.39 is 15.8 Å². The van der Waals surface area contributed by atoms with E-state index in [-0.39, 0.29) is 29.8 Å². The fourth-order valence-corrected chi connectivity index (χ4v) is 3.85. The van der Waals surface area contributed by atoms with Crippen LogP contribution in [0.1, 0.15) is 26.2 Å². The van der Waals surface area contributed by atoms with Crippen LogP contribution >= 0.6 is 0 Å². The molecule has 1 atom stereocenters. The average molecular weight is 357 g/mol. The van der Waals surface area contributed by atoms with E-state index in [1.165, 1.54) is 12.1 Å². The summed E-state index contributed by atoms with van der Waals surface area (Å²) >= 11 is 0. The molecule has 1 aromatic carbocycles. The minimum atomic E-state index is -3.73. The Hall–Kier alpha value is -1.51. The maximum atomic E-state index is 12.8. The molecule has 3 N–H and O–H groups in total. The van der Waals surface area contributed by atoms with Gasteiger partial charge in [-0.3, -0.25) is 4.79 Å². The molecule has 1 heterocycles. The van der Waals surface area contributed by atoms with Crippen molar-refractivity contribution >= 4 is 15.9 Å². The van der Waals surface area contributed by atoms with Crippen molar-refractivity contribution in [1.29, 1.82) is 0 Å². The first-order chi connectivity index (χ1) is 11.3. The molecule has 1 aliphatic heterocycles. The summed E-state index contributed by atoms with van der Waals surface area (Å²) in [6.45, 7) is 3.32. The number of likely N-dealkylation sites (tertiary alicyclic amines) is 1. The van der Waals surface area contributed by atoms with Crippen molar-refractivity contribution in [2.24, 2.45) is 11.7 Å². The van der Waals surface area contributed by atoms with Gasteiger partial charge in [0.1, 0.15) is 5.82 Å². The Labute approximate surface area is 142 Å². The SMILES string of the molecule is CC(N)C1CCN(C(=O)CCNS(=O)(=O)c2ccc(F)cc2)CC1. The van der Waals surface area contributed by atoms with Gasteiger partial charge in [0, 0.05) is 32.1 Å². The fraction of sp³-hybridized carbons (Fsp3) is 0.562. The van der Waals surface area contributed by atoms with Gasteiger partial charge in [0.15, 0.2) is 0 Å². The van der Waals surface area contributed by atoms with Crippen LogP contribution in [0.25, 0.3) is 0 Å². The number of nitrogens with two attached hydrogens (primary N) is 1. The monoisotopic (exact) mass is 357 g/mol. The van der Waals surface area contributed by atoms with Crippen LogP contribution in [0, 0.1) is 11.7 Å². The van der Waals surface area contributed by atoms with E-state index >= 15 is 0 Å². The summed E-state index contributed by atoms with van der Waals surface area (Å²) < 4.78 is 39.3. The summed E-state index contributed by atoms with van der Waals surface area (Å²) in [6.07, 6.45) is 1.86. The van der Waals surface area contributed by atoms with Gasteiger partial charge in [-0.2, -0.15) is 0 Å². The van der Waals surface area contributed by atoms with E-state index in [0.29, 0.717) is 19.0 Å². The van der Waals surface area contributed by atoms with Gasteiger partial charge in [0.25, 0.3) is 0 Å². The number of nitrogens with zero attached hydrogens (tertiary/aromatic N) is 1. The molecule has 134 valence electrons. The van der Waals surface area contributed by atoms with Gasteiger partial charge in [-0.15, -0.1) is 0 Å². The van der Waals surface area contributed by atoms with E-state index in [9.17, 15) is 17.6 Å². The highest BCUT2D eigenvalue weighted by Gasteiger charge is 2.24. The van der Waals surface area contributed by atoms with Crippen molar-refractivity contribution < 1.29 is 17.6 Å². The molecule has 1 amide bonds. The second-order valence-corrected chi connectivity index (χ2v) is 7.95. The van der Waals surface area contributed by atoms with Gasteiger partial charge in [0.2, 0.25) is 15.9 Å². The maximum Gasteiger partial charge on any atom is 0.240 e. The Morgan fingerprint density at radius 1 is 1.33 bits per heavy atom. The van der Waals surface area contributed by atoms with Crippen molar-refractivity contribution in [3.8, 4) is 0 Å². The zero-order chi connectivity index (χ0) is 17.7. The summed E-state index contributed by atoms with van der Waals surface area (Å²) in [7, 11) is -3.73. The molecule has 0 radical (unpaired) electrons. The third-order valence-corrected chi connectivity index (χ3v) is 5.87. The number of hydrogen-bond acceptors (Lipinski definition) is 4. The summed E-state index contributed by atoms with van der Waals surface area (Å²) in [4.78, 5) is 13.9. The van der Waals surface area contributed by atoms with Gasteiger partial charge >= 0.3 is 0 Å². The number of nitrogens with one attached hydrogen (secondary N) is 1. The van der Waals surface area contributed by atoms with Crippen LogP contribution in [0.2, 0.25) is 0 Å². The third-order valence-electron chi connectivity index (χ3n) is 4.39. The Kier molecular flexibility index (Phi) is 6.31. The Morgan fingerprint density at radius 3 is 2.46 bits per heavy atom. The van der Waals surface area contributed by atoms with Gasteiger partial charge in [-0.25, -0.2) is 17.5 Å². The summed E-state index contributed by atoms with van der Waals surface area (Å²) in [5.74, 6) is -0.134. The van der Waals surface area contributed by atoms with E-state index in [1.807, 2.05) is 6.92 Å². The molecular weight excluding hydrogens is 333 g/mol. The molecule has 0 spiro atoms. The predicted molar refractivity (Wildman–Crippen MR) is 89.2 cm³/mol. The number of carbonyl (C=O) groups excluding carboxylic acids is 1. The predicted octanol–water partition coefficient (Wildman–Crippen LogP) is 1.08. The second-order valence-electron chi connectivity index (χ2n) is 6.18. The molecule has 1 unspecified atom stereocenters. The summed E-state index contributed by atoms with van der Waals surface area (Å²) in [5, 5.41) is 0. The van der Waals surface area contributed by atoms with Gasteiger partial charge in [-0.05, 0) is 49.9 Å². The lowest BCUT2D eigenvalue weighted by Crippen LogP contribution is -2.43. The van der Waals surface area contributed by atoms with Gasteiger partial charge < -0.3 is 10.6 Å². The lowest BCUT2D eigenvalue weighted by molar-refractivity contribution is -0.132. The number of piperidine rings is 1. The average Bonchev–Trinajstić information content (AvgIpc) is 2.55. The molecular formula is C16H24FN3O3S. The molecule has 1 aliphatic rings. The molecule has 2 rings (SSSR count). The lowest BCUT2D eigenvalue weighted by Gasteiger charge is -2.33. The second kappa shape index (κ2) is 8.04. The minimum absolute atomic E-state index is 0.0194. The molecule has 1 saturated heterocycles. The number of sulfonamides is 1. The molecule has 0 aliphatic carbocycles. The summed E-state index contributed by atoms with van der Waals surface area (Å²) in [5.41, 5.74) is 5.88. The lowest BCUT2D eigenvalue weighted by atomic mass is 9.91. The Balaban J connectivity index is 1.79. The number of carbonyl (C=O) groups is 1. The Bertz CT molecular complexity index is 654. The molecule has 0 bridgehead atoms. The zero-order valence-corrected chi connectivity index (χ0v) is 14.6. The highest BCUT2D eigenvalue weighted by molar-refractivity contribution is 7.89. The van der Waals surface area contributed by atoms with Crippen LogP contribution in [-0.2, 0) is 14.8 Å². The van der Waals surface area contributed by atoms with E-state index in [0.717, 1.165) is 25.0 Å². The minimum Gasteiger partial charge on any atom is -0.343 e. The first kappa shape index (κ1) is 18.8. The highest BCUT2D eigenvalue weighted by atomic mass is 32.2. The molecule has 1 aromatic rings. The van der Waals surface area contributed by atoms with Crippen LogP contribution in [0.4, 0.5) is 4.39 Å². The van der Waals surface area contributed by atoms with Gasteiger partial charge in [-0.1, -0.05) is 0 Å². The van der Waals surface area contributed by atoms with Crippen LogP contribution in [0.15, 0.2) is 29.2 Å². The van der Waals surface area contributed by atoms with Crippen molar-refractivity contribution in [2.75, 3.05) is 19.6 Å². The largest absolute Gasteiger partial charge is 0.343 e. The number of rotatable bonds is 6. The van der Waals surface area contributed by atoms with E-state index in [2.05, 4.69) is 4.72 Å². The van der Waals surface area contributed by atoms with Crippen LogP contribution in [-0.4, -0.2) is 44.9 Å². The molecule has 8 heteroatoms. The first-order valence-corrected chi connectivity index (χ1v) is 9.56. The van der Waals surface area contributed by atoms with Crippen molar-refractivity contribution in [3.63, 3.8) is 0 Å². The van der Waals surface area contributed by atoms with Gasteiger partial charge in [0.05, 0.1) is 4.90 Å². The number of benzene rings is 1. The van der Waals surface area contributed by atoms with E-state index in [4.69, 9.17) is 5.73 Å². The number of amides is 1. The maximum absolute atomic E-state index is 12.8. The topological polar surface area (TPSA) is 92.5 Å². The van der Waals surface area contributed by atoms with Crippen LogP contribution < -0.4 is 10.5 Å². The quantitative estimate of drug-likeness (QED) is 0.797. The van der Waals surface area contributed by atoms with Crippen molar-refractivity contribution in [3.05, 3.63) is 30.1 Å². The molecule has 0 saturated carbocycles. The summed E-state index contributed by atoms with van der Waals surface area (Å²) in [6, 6.07) is 4.69. The fourth-order valence-electron chi connectivity index (χ4n) is 2.82. The molecule has 0 aromatic heterocycles. The number of halogens is 1. The van der Waals surface area contributed by atoms with Crippen molar-refractivity contribution in [2.45, 2.75) is 37.1 Å². The first-order valence-electron chi connectivity index (χ1n) is 8.08. The van der Waals surface area contributed by atoms with E-state index in [1.54, 1.807) is 4.90 Å². The molecule has 24 heavy (non-hydrogen) atoms. The molecule has 6 nitrogen and oxygen atoms in total. The van der Waals surface area contributed by atoms with Crippen molar-refractivity contribution in [1.82, 2.24) is 9.62 Å². The highest BCUT2D eigenvalue weighted by Crippen LogP contribution is 2.20. The third kappa shape index (κ3) is 4.99.